The molecule has 220 valence electrons. The zero-order valence-corrected chi connectivity index (χ0v) is 25.4. The van der Waals surface area contributed by atoms with Gasteiger partial charge in [0, 0.05) is 23.2 Å². The summed E-state index contributed by atoms with van der Waals surface area (Å²) in [5.41, 5.74) is 3.90. The third kappa shape index (κ3) is 4.17. The maximum Gasteiger partial charge on any atom is 0.232 e. The highest BCUT2D eigenvalue weighted by Gasteiger charge is 2.76. The Bertz CT molecular complexity index is 1520. The Hall–Kier alpha value is -3.06. The number of nitrogens with one attached hydrogen (secondary N) is 1. The van der Waals surface area contributed by atoms with Gasteiger partial charge in [-0.25, -0.2) is 0 Å². The predicted molar refractivity (Wildman–Crippen MR) is 164 cm³/mol. The highest BCUT2D eigenvalue weighted by Crippen LogP contribution is 2.76. The maximum absolute atomic E-state index is 13.9. The average molecular weight is 587 g/mol. The van der Waals surface area contributed by atoms with Gasteiger partial charge in [-0.1, -0.05) is 35.9 Å². The van der Waals surface area contributed by atoms with E-state index in [9.17, 15) is 9.90 Å². The van der Waals surface area contributed by atoms with Crippen molar-refractivity contribution >= 4 is 23.2 Å². The quantitative estimate of drug-likeness (QED) is 0.342. The summed E-state index contributed by atoms with van der Waals surface area (Å²) in [7, 11) is 1.62. The number of carbonyl (C=O) groups excluding carboxylic acids is 1. The Labute approximate surface area is 253 Å². The lowest BCUT2D eigenvalue weighted by Crippen LogP contribution is -2.41. The number of ether oxygens (including phenoxy) is 2. The maximum atomic E-state index is 13.9. The van der Waals surface area contributed by atoms with Crippen molar-refractivity contribution in [1.29, 1.82) is 0 Å². The Morgan fingerprint density at radius 1 is 1.07 bits per heavy atom. The monoisotopic (exact) mass is 586 g/mol. The van der Waals surface area contributed by atoms with E-state index in [4.69, 9.17) is 21.1 Å². The zero-order valence-electron chi connectivity index (χ0n) is 24.7. The van der Waals surface area contributed by atoms with Gasteiger partial charge in [0.25, 0.3) is 0 Å². The molecule has 0 aromatic heterocycles. The molecule has 1 saturated heterocycles. The molecular formula is C35H39ClN2O4. The van der Waals surface area contributed by atoms with Crippen molar-refractivity contribution in [3.05, 3.63) is 87.9 Å². The fraction of sp³-hybridized carbons (Fsp3) is 0.457. The minimum Gasteiger partial charge on any atom is -0.493 e. The molecule has 3 unspecified atom stereocenters. The summed E-state index contributed by atoms with van der Waals surface area (Å²) < 4.78 is 11.8. The van der Waals surface area contributed by atoms with Crippen LogP contribution in [0.5, 0.6) is 11.5 Å². The van der Waals surface area contributed by atoms with E-state index in [1.807, 2.05) is 86.3 Å². The van der Waals surface area contributed by atoms with E-state index in [2.05, 4.69) is 5.32 Å². The van der Waals surface area contributed by atoms with Gasteiger partial charge in [0.05, 0.1) is 31.3 Å². The molecule has 7 heteroatoms. The number of fused-ring (bicyclic) bond motifs is 1. The van der Waals surface area contributed by atoms with Crippen molar-refractivity contribution in [3.8, 4) is 11.5 Å². The van der Waals surface area contributed by atoms with Gasteiger partial charge in [0.1, 0.15) is 0 Å². The van der Waals surface area contributed by atoms with E-state index in [1.165, 1.54) is 12.8 Å². The van der Waals surface area contributed by atoms with E-state index in [0.29, 0.717) is 28.4 Å². The van der Waals surface area contributed by atoms with Crippen LogP contribution in [-0.4, -0.2) is 37.3 Å². The lowest BCUT2D eigenvalue weighted by atomic mass is 9.80. The summed E-state index contributed by atoms with van der Waals surface area (Å²) in [6.07, 6.45) is 2.69. The van der Waals surface area contributed by atoms with Crippen LogP contribution >= 0.6 is 11.6 Å². The topological polar surface area (TPSA) is 71.0 Å². The number of nitrogens with zero attached hydrogens (tertiary/aromatic N) is 1. The second kappa shape index (κ2) is 10.0. The molecule has 1 spiro atoms. The summed E-state index contributed by atoms with van der Waals surface area (Å²) in [4.78, 5) is 15.8. The smallest absolute Gasteiger partial charge is 0.232 e. The van der Waals surface area contributed by atoms with Crippen LogP contribution < -0.4 is 19.7 Å². The molecule has 3 aromatic carbocycles. The minimum absolute atomic E-state index is 0.00275. The normalized spacial score (nSPS) is 29.1. The van der Waals surface area contributed by atoms with Crippen molar-refractivity contribution in [2.45, 2.75) is 57.8 Å². The van der Waals surface area contributed by atoms with Crippen LogP contribution in [-0.2, 0) is 16.8 Å². The van der Waals surface area contributed by atoms with Crippen molar-refractivity contribution in [2.24, 2.45) is 23.2 Å². The van der Waals surface area contributed by atoms with Gasteiger partial charge >= 0.3 is 0 Å². The number of hydrogen-bond donors (Lipinski definition) is 2. The molecular weight excluding hydrogens is 548 g/mol. The first-order valence-corrected chi connectivity index (χ1v) is 15.5. The molecule has 7 rings (SSSR count). The molecule has 2 aliphatic heterocycles. The van der Waals surface area contributed by atoms with E-state index >= 15 is 0 Å². The van der Waals surface area contributed by atoms with Crippen molar-refractivity contribution in [2.75, 3.05) is 25.1 Å². The average Bonchev–Trinajstić information content (AvgIpc) is 3.21. The summed E-state index contributed by atoms with van der Waals surface area (Å²) in [6.45, 7) is 8.04. The third-order valence-corrected chi connectivity index (χ3v) is 10.7. The molecule has 0 radical (unpaired) electrons. The summed E-state index contributed by atoms with van der Waals surface area (Å²) in [5.74, 6) is 2.80. The van der Waals surface area contributed by atoms with Crippen LogP contribution in [0.25, 0.3) is 0 Å². The number of amides is 1. The van der Waals surface area contributed by atoms with Crippen LogP contribution in [0.1, 0.15) is 61.9 Å². The van der Waals surface area contributed by atoms with Crippen LogP contribution in [0.2, 0.25) is 5.02 Å². The van der Waals surface area contributed by atoms with Gasteiger partial charge in [0.2, 0.25) is 5.91 Å². The SMILES string of the molecule is COc1cc2c(cc1OC(C)C)[C@H](c1ccc(Cl)cc1)N(c1ccc(C(C)(O)C3[C@H]4CC[C@@H]5CNCC354)cc1)C(=O)C2. The van der Waals surface area contributed by atoms with Crippen LogP contribution in [0.4, 0.5) is 5.69 Å². The second-order valence-electron chi connectivity index (χ2n) is 13.1. The number of aliphatic hydroxyl groups is 1. The van der Waals surface area contributed by atoms with Gasteiger partial charge in [0.15, 0.2) is 11.5 Å². The molecule has 6 nitrogen and oxygen atoms in total. The molecule has 1 amide bonds. The Balaban J connectivity index is 1.27. The molecule has 6 atom stereocenters. The molecule has 2 N–H and O–H groups in total. The molecule has 2 aliphatic carbocycles. The van der Waals surface area contributed by atoms with Crippen LogP contribution in [0.3, 0.4) is 0 Å². The highest BCUT2D eigenvalue weighted by molar-refractivity contribution is 6.30. The largest absolute Gasteiger partial charge is 0.493 e. The van der Waals surface area contributed by atoms with E-state index in [0.717, 1.165) is 41.0 Å². The molecule has 42 heavy (non-hydrogen) atoms. The Morgan fingerprint density at radius 3 is 2.50 bits per heavy atom. The van der Waals surface area contributed by atoms with Gasteiger partial charge in [-0.05, 0) is 116 Å². The minimum atomic E-state index is -0.915. The van der Waals surface area contributed by atoms with Gasteiger partial charge in [-0.2, -0.15) is 0 Å². The van der Waals surface area contributed by atoms with Crippen molar-refractivity contribution in [3.63, 3.8) is 0 Å². The van der Waals surface area contributed by atoms with E-state index in [-0.39, 0.29) is 35.8 Å². The number of rotatable bonds is 7. The number of benzene rings is 3. The van der Waals surface area contributed by atoms with Gasteiger partial charge in [-0.15, -0.1) is 0 Å². The highest BCUT2D eigenvalue weighted by atomic mass is 35.5. The molecule has 0 bridgehead atoms. The fourth-order valence-electron chi connectivity index (χ4n) is 8.71. The van der Waals surface area contributed by atoms with Crippen molar-refractivity contribution in [1.82, 2.24) is 5.32 Å². The van der Waals surface area contributed by atoms with Crippen LogP contribution in [0.15, 0.2) is 60.7 Å². The first kappa shape index (κ1) is 27.8. The van der Waals surface area contributed by atoms with Gasteiger partial charge in [-0.3, -0.25) is 4.79 Å². The number of carbonyl (C=O) groups is 1. The number of anilines is 1. The first-order chi connectivity index (χ1) is 20.1. The molecule has 3 aromatic rings. The third-order valence-electron chi connectivity index (χ3n) is 10.4. The van der Waals surface area contributed by atoms with Crippen LogP contribution in [0, 0.1) is 23.2 Å². The summed E-state index contributed by atoms with van der Waals surface area (Å²) in [5, 5.41) is 16.1. The van der Waals surface area contributed by atoms with Gasteiger partial charge < -0.3 is 24.8 Å². The second-order valence-corrected chi connectivity index (χ2v) is 13.5. The standard InChI is InChI=1S/C35H39ClN2O4/c1-20(2)42-30-17-27-22(15-29(30)41-4)16-31(39)38(32(27)21-5-10-25(36)11-6-21)26-12-7-23(8-13-26)34(3,40)33-28-14-9-24-18-37-19-35(24,28)33/h5-8,10-13,15,17,20,24,28,32-33,37,40H,9,14,16,18-19H2,1-4H3/t24-,28-,32+,33?,34?,35?/m1/s1. The predicted octanol–water partition coefficient (Wildman–Crippen LogP) is 6.27. The fourth-order valence-corrected chi connectivity index (χ4v) is 8.83. The molecule has 2 heterocycles. The molecule has 2 saturated carbocycles. The summed E-state index contributed by atoms with van der Waals surface area (Å²) in [6, 6.07) is 19.3. The molecule has 3 fully saturated rings. The van der Waals surface area contributed by atoms with Crippen molar-refractivity contribution < 1.29 is 19.4 Å². The Kier molecular flexibility index (Phi) is 6.61. The number of methoxy groups -OCH3 is 1. The summed E-state index contributed by atoms with van der Waals surface area (Å²) >= 11 is 6.27. The number of hydrogen-bond acceptors (Lipinski definition) is 5. The lowest BCUT2D eigenvalue weighted by molar-refractivity contribution is -0.118. The number of halogens is 1. The lowest BCUT2D eigenvalue weighted by Gasteiger charge is -2.38. The first-order valence-electron chi connectivity index (χ1n) is 15.1. The molecule has 4 aliphatic rings. The zero-order chi connectivity index (χ0) is 29.4. The van der Waals surface area contributed by atoms with E-state index < -0.39 is 5.60 Å². The Morgan fingerprint density at radius 2 is 1.81 bits per heavy atom. The van der Waals surface area contributed by atoms with E-state index in [1.54, 1.807) is 7.11 Å².